The molecule has 0 atom stereocenters. The first kappa shape index (κ1) is 18.1. The van der Waals surface area contributed by atoms with E-state index in [0.29, 0.717) is 29.4 Å². The lowest BCUT2D eigenvalue weighted by Crippen LogP contribution is -2.25. The van der Waals surface area contributed by atoms with Crippen LogP contribution >= 0.6 is 11.6 Å². The topological polar surface area (TPSA) is 64.0 Å². The highest BCUT2D eigenvalue weighted by molar-refractivity contribution is 6.30. The smallest absolute Gasteiger partial charge is 0.220 e. The van der Waals surface area contributed by atoms with Crippen LogP contribution in [-0.2, 0) is 17.9 Å². The molecular formula is C20H20ClN3O2. The molecule has 0 aliphatic rings. The Morgan fingerprint density at radius 1 is 1.12 bits per heavy atom. The van der Waals surface area contributed by atoms with Gasteiger partial charge in [0.2, 0.25) is 5.91 Å². The molecule has 0 spiro atoms. The van der Waals surface area contributed by atoms with Crippen LogP contribution in [0.3, 0.4) is 0 Å². The fraction of sp³-hybridized carbons (Fsp3) is 0.250. The van der Waals surface area contributed by atoms with E-state index in [0.717, 1.165) is 17.5 Å². The van der Waals surface area contributed by atoms with E-state index in [1.807, 2.05) is 35.8 Å². The van der Waals surface area contributed by atoms with Gasteiger partial charge in [0.15, 0.2) is 5.78 Å². The third kappa shape index (κ3) is 4.11. The number of Topliss-reactive ketones (excluding diaryl/α,β-unsaturated/α-hetero) is 1. The number of nitrogens with zero attached hydrogens (tertiary/aromatic N) is 2. The lowest BCUT2D eigenvalue weighted by molar-refractivity contribution is -0.121. The van der Waals surface area contributed by atoms with Crippen molar-refractivity contribution in [2.24, 2.45) is 0 Å². The van der Waals surface area contributed by atoms with Crippen LogP contribution in [0, 0.1) is 0 Å². The van der Waals surface area contributed by atoms with E-state index in [1.54, 1.807) is 24.3 Å². The lowest BCUT2D eigenvalue weighted by atomic mass is 10.1. The van der Waals surface area contributed by atoms with E-state index in [1.165, 1.54) is 0 Å². The summed E-state index contributed by atoms with van der Waals surface area (Å²) < 4.78 is 1.86. The number of carbonyl (C=O) groups excluding carboxylic acids is 2. The van der Waals surface area contributed by atoms with Crippen molar-refractivity contribution in [3.63, 3.8) is 0 Å². The second-order valence-corrected chi connectivity index (χ2v) is 6.50. The lowest BCUT2D eigenvalue weighted by Gasteiger charge is -2.10. The summed E-state index contributed by atoms with van der Waals surface area (Å²) in [6.07, 6.45) is 1.27. The fourth-order valence-electron chi connectivity index (χ4n) is 2.80. The molecule has 0 bridgehead atoms. The fourth-order valence-corrected chi connectivity index (χ4v) is 2.93. The van der Waals surface area contributed by atoms with Crippen molar-refractivity contribution in [1.29, 1.82) is 0 Å². The molecule has 3 aromatic rings. The predicted molar refractivity (Wildman–Crippen MR) is 102 cm³/mol. The van der Waals surface area contributed by atoms with Gasteiger partial charge in [0, 0.05) is 17.0 Å². The summed E-state index contributed by atoms with van der Waals surface area (Å²) in [5.74, 6) is 0.610. The van der Waals surface area contributed by atoms with Crippen LogP contribution in [-0.4, -0.2) is 21.2 Å². The molecule has 0 unspecified atom stereocenters. The molecule has 1 amide bonds. The minimum absolute atomic E-state index is 0.0184. The number of hydrogen-bond donors (Lipinski definition) is 1. The number of hydrogen-bond acceptors (Lipinski definition) is 3. The Hall–Kier alpha value is -2.66. The normalized spacial score (nSPS) is 10.8. The number of para-hydroxylation sites is 2. The summed E-state index contributed by atoms with van der Waals surface area (Å²) in [6.45, 7) is 2.40. The summed E-state index contributed by atoms with van der Waals surface area (Å²) in [6, 6.07) is 14.5. The van der Waals surface area contributed by atoms with E-state index < -0.39 is 0 Å². The van der Waals surface area contributed by atoms with Gasteiger partial charge in [0.1, 0.15) is 5.82 Å². The number of fused-ring (bicyclic) bond motifs is 1. The van der Waals surface area contributed by atoms with Crippen LogP contribution in [0.25, 0.3) is 11.0 Å². The molecule has 26 heavy (non-hydrogen) atoms. The molecule has 0 radical (unpaired) electrons. The summed E-state index contributed by atoms with van der Waals surface area (Å²) >= 11 is 5.89. The number of rotatable bonds is 7. The predicted octanol–water partition coefficient (Wildman–Crippen LogP) is 3.99. The molecular weight excluding hydrogens is 350 g/mol. The van der Waals surface area contributed by atoms with Crippen LogP contribution in [0.15, 0.2) is 48.5 Å². The largest absolute Gasteiger partial charge is 0.349 e. The first-order valence-corrected chi connectivity index (χ1v) is 8.96. The number of ketones is 1. The van der Waals surface area contributed by atoms with Gasteiger partial charge in [-0.3, -0.25) is 9.59 Å². The van der Waals surface area contributed by atoms with Gasteiger partial charge in [0.05, 0.1) is 24.1 Å². The second kappa shape index (κ2) is 8.15. The maximum atomic E-state index is 12.7. The van der Waals surface area contributed by atoms with E-state index in [-0.39, 0.29) is 18.2 Å². The Bertz CT molecular complexity index is 932. The van der Waals surface area contributed by atoms with Gasteiger partial charge < -0.3 is 9.88 Å². The van der Waals surface area contributed by atoms with Crippen molar-refractivity contribution >= 4 is 34.3 Å². The first-order valence-electron chi connectivity index (χ1n) is 8.58. The molecule has 0 aliphatic heterocycles. The van der Waals surface area contributed by atoms with Crippen molar-refractivity contribution in [3.05, 3.63) is 64.9 Å². The van der Waals surface area contributed by atoms with Crippen molar-refractivity contribution < 1.29 is 9.59 Å². The molecule has 0 saturated carbocycles. The van der Waals surface area contributed by atoms with Crippen molar-refractivity contribution in [1.82, 2.24) is 14.9 Å². The number of carbonyl (C=O) groups is 2. The first-order chi connectivity index (χ1) is 12.6. The molecule has 2 aromatic carbocycles. The molecule has 0 aliphatic carbocycles. The molecule has 3 rings (SSSR count). The van der Waals surface area contributed by atoms with Crippen LogP contribution in [0.4, 0.5) is 0 Å². The number of imidazole rings is 1. The van der Waals surface area contributed by atoms with Gasteiger partial charge >= 0.3 is 0 Å². The van der Waals surface area contributed by atoms with E-state index in [2.05, 4.69) is 10.3 Å². The Labute approximate surface area is 157 Å². The van der Waals surface area contributed by atoms with E-state index >= 15 is 0 Å². The van der Waals surface area contributed by atoms with Crippen LogP contribution in [0.2, 0.25) is 5.02 Å². The van der Waals surface area contributed by atoms with Crippen molar-refractivity contribution in [2.45, 2.75) is 32.9 Å². The van der Waals surface area contributed by atoms with Crippen LogP contribution < -0.4 is 5.32 Å². The zero-order chi connectivity index (χ0) is 18.5. The minimum atomic E-state index is -0.0362. The minimum Gasteiger partial charge on any atom is -0.349 e. The highest BCUT2D eigenvalue weighted by Gasteiger charge is 2.15. The van der Waals surface area contributed by atoms with Gasteiger partial charge in [-0.25, -0.2) is 4.98 Å². The standard InChI is InChI=1S/C20H20ClN3O2/c1-2-5-20(26)22-12-19-23-16-6-3-4-7-17(16)24(19)13-18(25)14-8-10-15(21)11-9-14/h3-4,6-11H,2,5,12-13H2,1H3,(H,22,26). The van der Waals surface area contributed by atoms with Gasteiger partial charge in [-0.05, 0) is 42.8 Å². The molecule has 1 aromatic heterocycles. The SMILES string of the molecule is CCCC(=O)NCc1nc2ccccc2n1CC(=O)c1ccc(Cl)cc1. The van der Waals surface area contributed by atoms with E-state index in [9.17, 15) is 9.59 Å². The number of benzene rings is 2. The number of nitrogens with one attached hydrogen (secondary N) is 1. The Kier molecular flexibility index (Phi) is 5.68. The molecule has 6 heteroatoms. The number of aromatic nitrogens is 2. The quantitative estimate of drug-likeness (QED) is 0.640. The Balaban J connectivity index is 1.87. The van der Waals surface area contributed by atoms with Gasteiger partial charge in [-0.1, -0.05) is 30.7 Å². The summed E-state index contributed by atoms with van der Waals surface area (Å²) in [5.41, 5.74) is 2.26. The van der Waals surface area contributed by atoms with Gasteiger partial charge in [0.25, 0.3) is 0 Å². The number of amides is 1. The molecule has 1 N–H and O–H groups in total. The monoisotopic (exact) mass is 369 g/mol. The van der Waals surface area contributed by atoms with Crippen molar-refractivity contribution in [2.75, 3.05) is 0 Å². The van der Waals surface area contributed by atoms with Crippen LogP contribution in [0.5, 0.6) is 0 Å². The third-order valence-electron chi connectivity index (χ3n) is 4.12. The molecule has 1 heterocycles. The van der Waals surface area contributed by atoms with Gasteiger partial charge in [-0.2, -0.15) is 0 Å². The molecule has 134 valence electrons. The third-order valence-corrected chi connectivity index (χ3v) is 4.37. The highest BCUT2D eigenvalue weighted by atomic mass is 35.5. The Morgan fingerprint density at radius 3 is 2.58 bits per heavy atom. The maximum absolute atomic E-state index is 12.7. The van der Waals surface area contributed by atoms with Crippen molar-refractivity contribution in [3.8, 4) is 0 Å². The molecule has 0 fully saturated rings. The van der Waals surface area contributed by atoms with E-state index in [4.69, 9.17) is 11.6 Å². The zero-order valence-electron chi connectivity index (χ0n) is 14.5. The molecule has 0 saturated heterocycles. The zero-order valence-corrected chi connectivity index (χ0v) is 15.3. The van der Waals surface area contributed by atoms with Crippen LogP contribution in [0.1, 0.15) is 35.9 Å². The summed E-state index contributed by atoms with van der Waals surface area (Å²) in [7, 11) is 0. The average Bonchev–Trinajstić information content (AvgIpc) is 2.98. The van der Waals surface area contributed by atoms with Gasteiger partial charge in [-0.15, -0.1) is 0 Å². The maximum Gasteiger partial charge on any atom is 0.220 e. The number of halogens is 1. The highest BCUT2D eigenvalue weighted by Crippen LogP contribution is 2.18. The summed E-state index contributed by atoms with van der Waals surface area (Å²) in [5, 5.41) is 3.46. The summed E-state index contributed by atoms with van der Waals surface area (Å²) in [4.78, 5) is 29.1. The Morgan fingerprint density at radius 2 is 1.85 bits per heavy atom. The second-order valence-electron chi connectivity index (χ2n) is 6.06. The average molecular weight is 370 g/mol. The molecule has 5 nitrogen and oxygen atoms in total.